The molecule has 0 aromatic rings. The van der Waals surface area contributed by atoms with Gasteiger partial charge in [-0.15, -0.1) is 6.58 Å². The summed E-state index contributed by atoms with van der Waals surface area (Å²) in [4.78, 5) is 0. The van der Waals surface area contributed by atoms with Gasteiger partial charge in [-0.1, -0.05) is 28.7 Å². The van der Waals surface area contributed by atoms with Crippen LogP contribution < -0.4 is 0 Å². The smallest absolute Gasteiger partial charge is 0.308 e. The molecule has 0 amide bonds. The number of halogens is 1. The molecule has 0 rings (SSSR count). The van der Waals surface area contributed by atoms with Crippen LogP contribution in [0.25, 0.3) is 0 Å². The largest absolute Gasteiger partial charge is 0.343 e. The highest BCUT2D eigenvalue weighted by atomic mass is 127. The van der Waals surface area contributed by atoms with E-state index < -0.39 is 7.60 Å². The molecule has 0 spiro atoms. The molecular formula is C8H16IO3P. The van der Waals surface area contributed by atoms with Gasteiger partial charge in [0.1, 0.15) is 3.67 Å². The zero-order chi connectivity index (χ0) is 10.3. The third kappa shape index (κ3) is 4.58. The van der Waals surface area contributed by atoms with Crippen LogP contribution in [0.4, 0.5) is 0 Å². The first-order valence-corrected chi connectivity index (χ1v) is 7.10. The Morgan fingerprint density at radius 2 is 1.92 bits per heavy atom. The maximum absolute atomic E-state index is 12.0. The molecule has 0 aliphatic rings. The summed E-state index contributed by atoms with van der Waals surface area (Å²) in [5.41, 5.74) is 0. The predicted octanol–water partition coefficient (Wildman–Crippen LogP) is 3.59. The molecule has 1 unspecified atom stereocenters. The van der Waals surface area contributed by atoms with Crippen LogP contribution in [0.1, 0.15) is 20.3 Å². The first-order chi connectivity index (χ1) is 6.10. The van der Waals surface area contributed by atoms with Gasteiger partial charge in [0.2, 0.25) is 0 Å². The highest BCUT2D eigenvalue weighted by molar-refractivity contribution is 14.1. The lowest BCUT2D eigenvalue weighted by atomic mass is 10.5. The van der Waals surface area contributed by atoms with Gasteiger partial charge in [0.05, 0.1) is 13.2 Å². The van der Waals surface area contributed by atoms with Crippen molar-refractivity contribution >= 4 is 30.2 Å². The number of rotatable bonds is 7. The lowest BCUT2D eigenvalue weighted by Gasteiger charge is -2.20. The first kappa shape index (κ1) is 13.6. The summed E-state index contributed by atoms with van der Waals surface area (Å²) in [5, 5.41) is 0. The number of hydrogen-bond donors (Lipinski definition) is 0. The van der Waals surface area contributed by atoms with E-state index in [0.29, 0.717) is 19.6 Å². The van der Waals surface area contributed by atoms with E-state index in [2.05, 4.69) is 29.2 Å². The summed E-state index contributed by atoms with van der Waals surface area (Å²) < 4.78 is 22.2. The summed E-state index contributed by atoms with van der Waals surface area (Å²) in [6, 6.07) is 0. The van der Waals surface area contributed by atoms with Gasteiger partial charge in [0, 0.05) is 0 Å². The molecular weight excluding hydrogens is 302 g/mol. The van der Waals surface area contributed by atoms with Crippen molar-refractivity contribution in [2.24, 2.45) is 0 Å². The van der Waals surface area contributed by atoms with Crippen LogP contribution in [0.2, 0.25) is 0 Å². The quantitative estimate of drug-likeness (QED) is 0.311. The molecule has 5 heteroatoms. The van der Waals surface area contributed by atoms with Crippen LogP contribution in [0.15, 0.2) is 12.7 Å². The molecule has 0 saturated heterocycles. The van der Waals surface area contributed by atoms with E-state index in [1.165, 1.54) is 0 Å². The van der Waals surface area contributed by atoms with Gasteiger partial charge in [-0.25, -0.2) is 0 Å². The Morgan fingerprint density at radius 3 is 2.23 bits per heavy atom. The fourth-order valence-electron chi connectivity index (χ4n) is 0.826. The van der Waals surface area contributed by atoms with E-state index in [0.717, 1.165) is 0 Å². The molecule has 0 bridgehead atoms. The van der Waals surface area contributed by atoms with Gasteiger partial charge >= 0.3 is 7.60 Å². The third-order valence-corrected chi connectivity index (χ3v) is 6.01. The molecule has 0 saturated carbocycles. The SMILES string of the molecule is C=CCC(I)P(=O)(OCC)OCC. The number of hydrogen-bond acceptors (Lipinski definition) is 3. The number of alkyl halides is 1. The highest BCUT2D eigenvalue weighted by Gasteiger charge is 2.32. The van der Waals surface area contributed by atoms with Crippen LogP contribution in [0.5, 0.6) is 0 Å². The second-order valence-corrected chi connectivity index (χ2v) is 7.04. The molecule has 0 aliphatic heterocycles. The Hall–Kier alpha value is 0.620. The molecule has 0 aromatic carbocycles. The molecule has 1 atom stereocenters. The third-order valence-electron chi connectivity index (χ3n) is 1.32. The van der Waals surface area contributed by atoms with Gasteiger partial charge in [0.15, 0.2) is 0 Å². The van der Waals surface area contributed by atoms with Crippen molar-refractivity contribution in [3.8, 4) is 0 Å². The Balaban J connectivity index is 4.36. The van der Waals surface area contributed by atoms with E-state index in [4.69, 9.17) is 9.05 Å². The minimum atomic E-state index is -2.91. The Bertz CT molecular complexity index is 186. The van der Waals surface area contributed by atoms with Crippen LogP contribution in [0, 0.1) is 0 Å². The predicted molar refractivity (Wildman–Crippen MR) is 63.5 cm³/mol. The Kier molecular flexibility index (Phi) is 7.32. The fourth-order valence-corrected chi connectivity index (χ4v) is 3.68. The molecule has 3 nitrogen and oxygen atoms in total. The second-order valence-electron chi connectivity index (χ2n) is 2.33. The zero-order valence-corrected chi connectivity index (χ0v) is 11.1. The van der Waals surface area contributed by atoms with Gasteiger partial charge in [0.25, 0.3) is 0 Å². The van der Waals surface area contributed by atoms with Crippen molar-refractivity contribution in [2.45, 2.75) is 23.9 Å². The monoisotopic (exact) mass is 318 g/mol. The molecule has 0 aromatic heterocycles. The van der Waals surface area contributed by atoms with Gasteiger partial charge < -0.3 is 9.05 Å². The molecule has 0 heterocycles. The number of allylic oxidation sites excluding steroid dienone is 1. The van der Waals surface area contributed by atoms with E-state index >= 15 is 0 Å². The zero-order valence-electron chi connectivity index (χ0n) is 8.03. The average molecular weight is 318 g/mol. The van der Waals surface area contributed by atoms with E-state index in [9.17, 15) is 4.57 Å². The van der Waals surface area contributed by atoms with Gasteiger partial charge in [-0.3, -0.25) is 4.57 Å². The van der Waals surface area contributed by atoms with Crippen LogP contribution in [0.3, 0.4) is 0 Å². The normalized spacial score (nSPS) is 14.1. The first-order valence-electron chi connectivity index (χ1n) is 4.24. The average Bonchev–Trinajstić information content (AvgIpc) is 2.05. The Morgan fingerprint density at radius 1 is 1.46 bits per heavy atom. The van der Waals surface area contributed by atoms with Crippen molar-refractivity contribution in [3.63, 3.8) is 0 Å². The van der Waals surface area contributed by atoms with E-state index in [-0.39, 0.29) is 3.67 Å². The molecule has 0 N–H and O–H groups in total. The molecule has 0 radical (unpaired) electrons. The van der Waals surface area contributed by atoms with Crippen molar-refractivity contribution < 1.29 is 13.6 Å². The van der Waals surface area contributed by atoms with Crippen molar-refractivity contribution in [1.82, 2.24) is 0 Å². The van der Waals surface area contributed by atoms with Crippen molar-refractivity contribution in [3.05, 3.63) is 12.7 Å². The van der Waals surface area contributed by atoms with Crippen molar-refractivity contribution in [2.75, 3.05) is 13.2 Å². The van der Waals surface area contributed by atoms with Crippen LogP contribution in [-0.2, 0) is 13.6 Å². The Labute approximate surface area is 93.6 Å². The molecule has 78 valence electrons. The second kappa shape index (κ2) is 6.98. The minimum Gasteiger partial charge on any atom is -0.308 e. The standard InChI is InChI=1S/C8H16IO3P/c1-4-7-8(9)13(10,11-5-2)12-6-3/h4,8H,1,5-7H2,2-3H3. The summed E-state index contributed by atoms with van der Waals surface area (Å²) in [7, 11) is -2.91. The summed E-state index contributed by atoms with van der Waals surface area (Å²) >= 11 is 2.08. The van der Waals surface area contributed by atoms with Gasteiger partial charge in [-0.2, -0.15) is 0 Å². The van der Waals surface area contributed by atoms with E-state index in [1.54, 1.807) is 6.08 Å². The fraction of sp³-hybridized carbons (Fsp3) is 0.750. The van der Waals surface area contributed by atoms with Gasteiger partial charge in [-0.05, 0) is 20.3 Å². The molecule has 0 aliphatic carbocycles. The molecule has 13 heavy (non-hydrogen) atoms. The summed E-state index contributed by atoms with van der Waals surface area (Å²) in [5.74, 6) is 0. The van der Waals surface area contributed by atoms with Crippen LogP contribution in [-0.4, -0.2) is 16.9 Å². The summed E-state index contributed by atoms with van der Waals surface area (Å²) in [6.07, 6.45) is 2.36. The maximum atomic E-state index is 12.0. The lowest BCUT2D eigenvalue weighted by molar-refractivity contribution is 0.219. The highest BCUT2D eigenvalue weighted by Crippen LogP contribution is 2.56. The van der Waals surface area contributed by atoms with E-state index in [1.807, 2.05) is 13.8 Å². The lowest BCUT2D eigenvalue weighted by Crippen LogP contribution is -2.05. The van der Waals surface area contributed by atoms with Crippen molar-refractivity contribution in [1.29, 1.82) is 0 Å². The summed E-state index contributed by atoms with van der Waals surface area (Å²) in [6.45, 7) is 8.04. The maximum Gasteiger partial charge on any atom is 0.343 e. The van der Waals surface area contributed by atoms with Crippen LogP contribution >= 0.6 is 30.2 Å². The topological polar surface area (TPSA) is 35.5 Å². The minimum absolute atomic E-state index is 0.137. The molecule has 0 fully saturated rings.